The van der Waals surface area contributed by atoms with E-state index in [1.54, 1.807) is 18.6 Å². The first-order chi connectivity index (χ1) is 12.8. The molecule has 1 fully saturated rings. The number of amides is 1. The summed E-state index contributed by atoms with van der Waals surface area (Å²) in [5, 5.41) is 3.24. The van der Waals surface area contributed by atoms with Gasteiger partial charge in [-0.2, -0.15) is 0 Å². The van der Waals surface area contributed by atoms with Gasteiger partial charge in [-0.05, 0) is 37.8 Å². The summed E-state index contributed by atoms with van der Waals surface area (Å²) in [6.07, 6.45) is 9.10. The first-order valence-corrected chi connectivity index (χ1v) is 9.09. The maximum atomic E-state index is 13.1. The van der Waals surface area contributed by atoms with E-state index in [0.29, 0.717) is 11.6 Å². The van der Waals surface area contributed by atoms with Crippen LogP contribution in [0.25, 0.3) is 5.65 Å². The number of fused-ring (bicyclic) bond motifs is 1. The van der Waals surface area contributed by atoms with E-state index in [2.05, 4.69) is 26.8 Å². The molecular weight excluding hydrogens is 330 g/mol. The van der Waals surface area contributed by atoms with Gasteiger partial charge < -0.3 is 14.6 Å². The fraction of sp³-hybridized carbons (Fsp3) is 0.421. The van der Waals surface area contributed by atoms with Gasteiger partial charge in [-0.25, -0.2) is 9.97 Å². The Morgan fingerprint density at radius 3 is 2.88 bits per heavy atom. The number of nitrogens with one attached hydrogen (secondary N) is 1. The van der Waals surface area contributed by atoms with Gasteiger partial charge in [-0.1, -0.05) is 6.07 Å². The smallest absolute Gasteiger partial charge is 0.268 e. The minimum absolute atomic E-state index is 0.115. The van der Waals surface area contributed by atoms with Crippen LogP contribution in [0.1, 0.15) is 42.1 Å². The Bertz CT molecular complexity index is 894. The normalized spacial score (nSPS) is 16.7. The van der Waals surface area contributed by atoms with E-state index < -0.39 is 0 Å². The lowest BCUT2D eigenvalue weighted by molar-refractivity contribution is 0.0497. The Kier molecular flexibility index (Phi) is 4.71. The van der Waals surface area contributed by atoms with E-state index >= 15 is 0 Å². The van der Waals surface area contributed by atoms with Gasteiger partial charge in [0.15, 0.2) is 0 Å². The van der Waals surface area contributed by atoms with Crippen LogP contribution in [0.3, 0.4) is 0 Å². The number of imidazole rings is 2. The van der Waals surface area contributed by atoms with Crippen molar-refractivity contribution in [2.75, 3.05) is 13.2 Å². The third-order valence-corrected chi connectivity index (χ3v) is 5.05. The summed E-state index contributed by atoms with van der Waals surface area (Å²) in [4.78, 5) is 21.9. The molecule has 26 heavy (non-hydrogen) atoms. The number of carbonyl (C=O) groups is 1. The molecule has 1 atom stereocenters. The molecule has 136 valence electrons. The molecule has 0 spiro atoms. The standard InChI is InChI=1S/C19H23N5O2/c1-2-23-10-8-21-18(23)17(14-6-12-26-13-7-14)22-19(25)15-4-3-5-16-20-9-11-24(15)16/h3-5,8-11,14,17H,2,6-7,12-13H2,1H3,(H,22,25). The SMILES string of the molecule is CCn1ccnc1C(NC(=O)c1cccc2nccn12)C1CCOCC1. The van der Waals surface area contributed by atoms with Gasteiger partial charge in [0.05, 0.1) is 6.04 Å². The highest BCUT2D eigenvalue weighted by atomic mass is 16.5. The molecular formula is C19H23N5O2. The molecule has 1 aliphatic heterocycles. The summed E-state index contributed by atoms with van der Waals surface area (Å²) >= 11 is 0. The number of carbonyl (C=O) groups excluding carboxylic acids is 1. The molecule has 0 aromatic carbocycles. The molecule has 4 heterocycles. The van der Waals surface area contributed by atoms with Crippen molar-refractivity contribution in [2.24, 2.45) is 5.92 Å². The number of nitrogens with zero attached hydrogens (tertiary/aromatic N) is 4. The Morgan fingerprint density at radius 1 is 1.27 bits per heavy atom. The zero-order chi connectivity index (χ0) is 17.9. The Balaban J connectivity index is 1.66. The van der Waals surface area contributed by atoms with Crippen molar-refractivity contribution in [2.45, 2.75) is 32.4 Å². The Hall–Kier alpha value is -2.67. The minimum Gasteiger partial charge on any atom is -0.381 e. The quantitative estimate of drug-likeness (QED) is 0.765. The van der Waals surface area contributed by atoms with Crippen LogP contribution in [0.15, 0.2) is 43.0 Å². The third kappa shape index (κ3) is 3.10. The van der Waals surface area contributed by atoms with Gasteiger partial charge >= 0.3 is 0 Å². The number of hydrogen-bond donors (Lipinski definition) is 1. The molecule has 1 saturated heterocycles. The summed E-state index contributed by atoms with van der Waals surface area (Å²) < 4.78 is 9.41. The van der Waals surface area contributed by atoms with Crippen molar-refractivity contribution in [1.82, 2.24) is 24.3 Å². The van der Waals surface area contributed by atoms with E-state index in [9.17, 15) is 4.79 Å². The van der Waals surface area contributed by atoms with Gasteiger partial charge in [0, 0.05) is 44.5 Å². The first-order valence-electron chi connectivity index (χ1n) is 9.09. The highest BCUT2D eigenvalue weighted by Gasteiger charge is 2.30. The lowest BCUT2D eigenvalue weighted by Gasteiger charge is -2.31. The average Bonchev–Trinajstić information content (AvgIpc) is 3.35. The van der Waals surface area contributed by atoms with Crippen molar-refractivity contribution in [1.29, 1.82) is 0 Å². The van der Waals surface area contributed by atoms with Crippen molar-refractivity contribution < 1.29 is 9.53 Å². The zero-order valence-corrected chi connectivity index (χ0v) is 14.8. The maximum Gasteiger partial charge on any atom is 0.268 e. The highest BCUT2D eigenvalue weighted by molar-refractivity contribution is 5.93. The second-order valence-corrected chi connectivity index (χ2v) is 6.54. The van der Waals surface area contributed by atoms with Crippen LogP contribution in [-0.4, -0.2) is 38.1 Å². The fourth-order valence-electron chi connectivity index (χ4n) is 3.66. The summed E-state index contributed by atoms with van der Waals surface area (Å²) in [7, 11) is 0. The van der Waals surface area contributed by atoms with Gasteiger partial charge in [0.25, 0.3) is 5.91 Å². The minimum atomic E-state index is -0.139. The second kappa shape index (κ2) is 7.29. The third-order valence-electron chi connectivity index (χ3n) is 5.05. The first kappa shape index (κ1) is 16.8. The molecule has 0 aliphatic carbocycles. The van der Waals surface area contributed by atoms with Gasteiger partial charge in [0.1, 0.15) is 17.2 Å². The monoisotopic (exact) mass is 353 g/mol. The van der Waals surface area contributed by atoms with Crippen LogP contribution in [-0.2, 0) is 11.3 Å². The maximum absolute atomic E-state index is 13.1. The van der Waals surface area contributed by atoms with Crippen LogP contribution in [0, 0.1) is 5.92 Å². The van der Waals surface area contributed by atoms with Gasteiger partial charge in [-0.15, -0.1) is 0 Å². The summed E-state index contributed by atoms with van der Waals surface area (Å²) in [5.74, 6) is 1.10. The number of hydrogen-bond acceptors (Lipinski definition) is 4. The molecule has 7 heteroatoms. The summed E-state index contributed by atoms with van der Waals surface area (Å²) in [6, 6.07) is 5.42. The van der Waals surface area contributed by atoms with Crippen LogP contribution < -0.4 is 5.32 Å². The molecule has 3 aromatic heterocycles. The van der Waals surface area contributed by atoms with Crippen LogP contribution in [0.2, 0.25) is 0 Å². The molecule has 1 aliphatic rings. The molecule has 1 N–H and O–H groups in total. The van der Waals surface area contributed by atoms with Crippen LogP contribution in [0.5, 0.6) is 0 Å². The van der Waals surface area contributed by atoms with Crippen LogP contribution >= 0.6 is 0 Å². The van der Waals surface area contributed by atoms with Crippen molar-refractivity contribution in [3.05, 3.63) is 54.5 Å². The molecule has 0 saturated carbocycles. The van der Waals surface area contributed by atoms with Crippen molar-refractivity contribution >= 4 is 11.6 Å². The predicted octanol–water partition coefficient (Wildman–Crippen LogP) is 2.45. The van der Waals surface area contributed by atoms with Crippen molar-refractivity contribution in [3.8, 4) is 0 Å². The van der Waals surface area contributed by atoms with E-state index in [0.717, 1.165) is 44.1 Å². The summed E-state index contributed by atoms with van der Waals surface area (Å²) in [6.45, 7) is 4.35. The lowest BCUT2D eigenvalue weighted by Crippen LogP contribution is -2.38. The summed E-state index contributed by atoms with van der Waals surface area (Å²) in [5.41, 5.74) is 1.34. The molecule has 1 unspecified atom stereocenters. The van der Waals surface area contributed by atoms with Gasteiger partial charge in [-0.3, -0.25) is 9.20 Å². The largest absolute Gasteiger partial charge is 0.381 e. The van der Waals surface area contributed by atoms with E-state index in [4.69, 9.17) is 4.74 Å². The molecule has 0 radical (unpaired) electrons. The second-order valence-electron chi connectivity index (χ2n) is 6.54. The zero-order valence-electron chi connectivity index (χ0n) is 14.8. The number of pyridine rings is 1. The molecule has 7 nitrogen and oxygen atoms in total. The van der Waals surface area contributed by atoms with Crippen LogP contribution in [0.4, 0.5) is 0 Å². The van der Waals surface area contributed by atoms with Gasteiger partial charge in [0.2, 0.25) is 0 Å². The average molecular weight is 353 g/mol. The molecule has 4 rings (SSSR count). The fourth-order valence-corrected chi connectivity index (χ4v) is 3.66. The molecule has 1 amide bonds. The molecule has 3 aromatic rings. The van der Waals surface area contributed by atoms with E-state index in [-0.39, 0.29) is 11.9 Å². The number of rotatable bonds is 5. The topological polar surface area (TPSA) is 73.5 Å². The Labute approximate surface area is 152 Å². The predicted molar refractivity (Wildman–Crippen MR) is 96.8 cm³/mol. The van der Waals surface area contributed by atoms with E-state index in [1.807, 2.05) is 28.8 Å². The number of ether oxygens (including phenoxy) is 1. The lowest BCUT2D eigenvalue weighted by atomic mass is 9.91. The highest BCUT2D eigenvalue weighted by Crippen LogP contribution is 2.29. The Morgan fingerprint density at radius 2 is 2.08 bits per heavy atom. The van der Waals surface area contributed by atoms with E-state index in [1.165, 1.54) is 0 Å². The number of aromatic nitrogens is 4. The van der Waals surface area contributed by atoms with Crippen molar-refractivity contribution in [3.63, 3.8) is 0 Å². The number of aryl methyl sites for hydroxylation is 1. The molecule has 0 bridgehead atoms.